The van der Waals surface area contributed by atoms with Crippen molar-refractivity contribution in [3.63, 3.8) is 0 Å². The zero-order valence-corrected chi connectivity index (χ0v) is 19.3. The highest BCUT2D eigenvalue weighted by Gasteiger charge is 2.36. The van der Waals surface area contributed by atoms with Gasteiger partial charge in [-0.1, -0.05) is 30.3 Å². The number of aryl methyl sites for hydroxylation is 1. The van der Waals surface area contributed by atoms with Gasteiger partial charge in [-0.25, -0.2) is 4.68 Å². The molecule has 0 aliphatic rings. The van der Waals surface area contributed by atoms with E-state index in [0.29, 0.717) is 11.3 Å². The number of methoxy groups -OCH3 is 1. The molecule has 35 heavy (non-hydrogen) atoms. The lowest BCUT2D eigenvalue weighted by Crippen LogP contribution is -2.31. The van der Waals surface area contributed by atoms with Crippen molar-refractivity contribution in [1.82, 2.24) is 20.1 Å². The average molecular weight is 484 g/mol. The summed E-state index contributed by atoms with van der Waals surface area (Å²) < 4.78 is 53.9. The van der Waals surface area contributed by atoms with Gasteiger partial charge in [0.2, 0.25) is 5.88 Å². The minimum Gasteiger partial charge on any atom is -0.497 e. The molecule has 4 aromatic rings. The van der Waals surface area contributed by atoms with Crippen LogP contribution in [0.15, 0.2) is 60.7 Å². The number of carbonyl (C=O) groups is 1. The van der Waals surface area contributed by atoms with Crippen molar-refractivity contribution >= 4 is 16.9 Å². The number of benzene rings is 2. The van der Waals surface area contributed by atoms with Crippen molar-refractivity contribution in [2.75, 3.05) is 13.7 Å². The molecule has 0 spiro atoms. The molecule has 0 saturated carbocycles. The molecule has 0 unspecified atom stereocenters. The van der Waals surface area contributed by atoms with Crippen LogP contribution in [0.3, 0.4) is 0 Å². The van der Waals surface area contributed by atoms with Crippen LogP contribution in [-0.4, -0.2) is 34.4 Å². The largest absolute Gasteiger partial charge is 0.497 e. The first-order valence-corrected chi connectivity index (χ1v) is 10.7. The number of carbonyl (C=O) groups excluding carboxylic acids is 1. The molecule has 182 valence electrons. The Morgan fingerprint density at radius 3 is 2.43 bits per heavy atom. The Hall–Kier alpha value is -4.08. The number of aromatic nitrogens is 3. The van der Waals surface area contributed by atoms with E-state index in [2.05, 4.69) is 15.4 Å². The zero-order valence-electron chi connectivity index (χ0n) is 19.3. The number of pyridine rings is 1. The topological polar surface area (TPSA) is 78.3 Å². The fraction of sp³-hybridized carbons (Fsp3) is 0.240. The molecule has 0 fully saturated rings. The lowest BCUT2D eigenvalue weighted by Gasteiger charge is -2.15. The van der Waals surface area contributed by atoms with Gasteiger partial charge in [0.05, 0.1) is 24.1 Å². The predicted molar refractivity (Wildman–Crippen MR) is 124 cm³/mol. The Bertz CT molecular complexity index is 1340. The standard InChI is InChI=1S/C25H23F3N4O3/c1-15(16-7-5-4-6-8-16)29-20(33)14-35-21-13-19(25(26,27)28)22-23(31-32(2)24(22)30-21)17-9-11-18(34-3)12-10-17/h4-13,15H,14H2,1-3H3,(H,29,33)/t15-/m0/s1. The summed E-state index contributed by atoms with van der Waals surface area (Å²) in [6.07, 6.45) is -4.70. The Labute approximate surface area is 199 Å². The summed E-state index contributed by atoms with van der Waals surface area (Å²) in [6.45, 7) is 1.31. The van der Waals surface area contributed by atoms with Gasteiger partial charge in [-0.05, 0) is 36.8 Å². The maximum atomic E-state index is 14.1. The second-order valence-electron chi connectivity index (χ2n) is 7.89. The van der Waals surface area contributed by atoms with Gasteiger partial charge in [0, 0.05) is 18.7 Å². The Balaban J connectivity index is 1.62. The van der Waals surface area contributed by atoms with Crippen molar-refractivity contribution in [2.24, 2.45) is 7.05 Å². The molecule has 1 amide bonds. The third kappa shape index (κ3) is 5.21. The second-order valence-corrected chi connectivity index (χ2v) is 7.89. The molecule has 2 aromatic carbocycles. The van der Waals surface area contributed by atoms with E-state index in [4.69, 9.17) is 9.47 Å². The third-order valence-electron chi connectivity index (χ3n) is 5.47. The first-order valence-electron chi connectivity index (χ1n) is 10.7. The number of hydrogen-bond donors (Lipinski definition) is 1. The van der Waals surface area contributed by atoms with Crippen LogP contribution in [0, 0.1) is 0 Å². The first kappa shape index (κ1) is 24.1. The van der Waals surface area contributed by atoms with E-state index in [-0.39, 0.29) is 28.6 Å². The SMILES string of the molecule is COc1ccc(-c2nn(C)c3nc(OCC(=O)N[C@@H](C)c4ccccc4)cc(C(F)(F)F)c23)cc1. The van der Waals surface area contributed by atoms with Crippen LogP contribution in [0.25, 0.3) is 22.3 Å². The maximum absolute atomic E-state index is 14.1. The van der Waals surface area contributed by atoms with Crippen molar-refractivity contribution in [2.45, 2.75) is 19.1 Å². The summed E-state index contributed by atoms with van der Waals surface area (Å²) in [5, 5.41) is 6.88. The molecule has 7 nitrogen and oxygen atoms in total. The highest BCUT2D eigenvalue weighted by Crippen LogP contribution is 2.40. The maximum Gasteiger partial charge on any atom is 0.417 e. The van der Waals surface area contributed by atoms with Crippen molar-refractivity contribution in [3.8, 4) is 22.9 Å². The molecular weight excluding hydrogens is 461 g/mol. The molecule has 1 N–H and O–H groups in total. The van der Waals surface area contributed by atoms with E-state index in [1.807, 2.05) is 30.3 Å². The number of fused-ring (bicyclic) bond motifs is 1. The quantitative estimate of drug-likeness (QED) is 0.403. The van der Waals surface area contributed by atoms with Crippen LogP contribution in [0.2, 0.25) is 0 Å². The second kappa shape index (κ2) is 9.65. The Morgan fingerprint density at radius 1 is 1.11 bits per heavy atom. The Morgan fingerprint density at radius 2 is 1.80 bits per heavy atom. The van der Waals surface area contributed by atoms with Gasteiger partial charge in [-0.15, -0.1) is 0 Å². The van der Waals surface area contributed by atoms with Gasteiger partial charge in [0.15, 0.2) is 12.3 Å². The van der Waals surface area contributed by atoms with E-state index in [1.165, 1.54) is 18.8 Å². The van der Waals surface area contributed by atoms with Crippen molar-refractivity contribution in [3.05, 3.63) is 71.8 Å². The number of amides is 1. The number of halogens is 3. The van der Waals surface area contributed by atoms with Crippen LogP contribution in [-0.2, 0) is 18.0 Å². The van der Waals surface area contributed by atoms with Gasteiger partial charge in [0.1, 0.15) is 11.4 Å². The highest BCUT2D eigenvalue weighted by atomic mass is 19.4. The minimum absolute atomic E-state index is 0.0151. The normalized spacial score (nSPS) is 12.4. The average Bonchev–Trinajstić information content (AvgIpc) is 3.18. The van der Waals surface area contributed by atoms with Crippen LogP contribution in [0.1, 0.15) is 24.1 Å². The van der Waals surface area contributed by atoms with Gasteiger partial charge < -0.3 is 14.8 Å². The third-order valence-corrected chi connectivity index (χ3v) is 5.47. The van der Waals surface area contributed by atoms with Gasteiger partial charge in [-0.2, -0.15) is 23.3 Å². The van der Waals surface area contributed by atoms with Crippen LogP contribution >= 0.6 is 0 Å². The Kier molecular flexibility index (Phi) is 6.63. The fourth-order valence-corrected chi connectivity index (χ4v) is 3.72. The number of rotatable bonds is 7. The molecular formula is C25H23F3N4O3. The van der Waals surface area contributed by atoms with Crippen LogP contribution < -0.4 is 14.8 Å². The number of alkyl halides is 3. The molecule has 2 heterocycles. The lowest BCUT2D eigenvalue weighted by molar-refractivity contribution is -0.136. The highest BCUT2D eigenvalue weighted by molar-refractivity contribution is 5.94. The molecule has 2 aromatic heterocycles. The molecule has 0 bridgehead atoms. The van der Waals surface area contributed by atoms with Crippen LogP contribution in [0.4, 0.5) is 13.2 Å². The monoisotopic (exact) mass is 484 g/mol. The molecule has 4 rings (SSSR count). The van der Waals surface area contributed by atoms with Crippen LogP contribution in [0.5, 0.6) is 11.6 Å². The zero-order chi connectivity index (χ0) is 25.2. The van der Waals surface area contributed by atoms with E-state index in [9.17, 15) is 18.0 Å². The summed E-state index contributed by atoms with van der Waals surface area (Å²) >= 11 is 0. The smallest absolute Gasteiger partial charge is 0.417 e. The molecule has 0 radical (unpaired) electrons. The van der Waals surface area contributed by atoms with Crippen molar-refractivity contribution in [1.29, 1.82) is 0 Å². The lowest BCUT2D eigenvalue weighted by atomic mass is 10.0. The predicted octanol–water partition coefficient (Wildman–Crippen LogP) is 4.92. The number of nitrogens with zero attached hydrogens (tertiary/aromatic N) is 3. The summed E-state index contributed by atoms with van der Waals surface area (Å²) in [4.78, 5) is 16.6. The summed E-state index contributed by atoms with van der Waals surface area (Å²) in [5.41, 5.74) is 0.534. The first-order chi connectivity index (χ1) is 16.7. The van der Waals surface area contributed by atoms with Gasteiger partial charge >= 0.3 is 6.18 Å². The van der Waals surface area contributed by atoms with E-state index in [1.54, 1.807) is 31.2 Å². The minimum atomic E-state index is -4.70. The molecule has 10 heteroatoms. The number of hydrogen-bond acceptors (Lipinski definition) is 5. The van der Waals surface area contributed by atoms with Gasteiger partial charge in [-0.3, -0.25) is 4.79 Å². The van der Waals surface area contributed by atoms with E-state index < -0.39 is 24.3 Å². The van der Waals surface area contributed by atoms with E-state index >= 15 is 0 Å². The number of nitrogens with one attached hydrogen (secondary N) is 1. The molecule has 0 saturated heterocycles. The summed E-state index contributed by atoms with van der Waals surface area (Å²) in [7, 11) is 3.00. The van der Waals surface area contributed by atoms with Gasteiger partial charge in [0.25, 0.3) is 5.91 Å². The summed E-state index contributed by atoms with van der Waals surface area (Å²) in [6, 6.07) is 16.3. The summed E-state index contributed by atoms with van der Waals surface area (Å²) in [5.74, 6) is -0.240. The molecule has 0 aliphatic carbocycles. The molecule has 1 atom stereocenters. The van der Waals surface area contributed by atoms with Crippen molar-refractivity contribution < 1.29 is 27.4 Å². The van der Waals surface area contributed by atoms with E-state index in [0.717, 1.165) is 11.6 Å². The number of ether oxygens (including phenoxy) is 2. The molecule has 0 aliphatic heterocycles. The fourth-order valence-electron chi connectivity index (χ4n) is 3.72.